The molecular formula is C10H19FO. The second kappa shape index (κ2) is 2.99. The maximum atomic E-state index is 13.4. The Kier molecular flexibility index (Phi) is 2.48. The Morgan fingerprint density at radius 3 is 1.92 bits per heavy atom. The van der Waals surface area contributed by atoms with E-state index in [1.54, 1.807) is 6.92 Å². The van der Waals surface area contributed by atoms with Gasteiger partial charge in [0.15, 0.2) is 0 Å². The smallest absolute Gasteiger partial charge is 0.108 e. The molecule has 0 aliphatic heterocycles. The van der Waals surface area contributed by atoms with Crippen LogP contribution in [0.4, 0.5) is 4.39 Å². The molecule has 1 fully saturated rings. The molecule has 1 aliphatic carbocycles. The summed E-state index contributed by atoms with van der Waals surface area (Å²) >= 11 is 0. The van der Waals surface area contributed by atoms with Crippen LogP contribution in [0, 0.1) is 5.92 Å². The molecule has 0 heterocycles. The minimum atomic E-state index is -1.04. The van der Waals surface area contributed by atoms with Gasteiger partial charge in [0.2, 0.25) is 0 Å². The molecule has 2 heteroatoms. The van der Waals surface area contributed by atoms with Gasteiger partial charge in [0.05, 0.1) is 5.60 Å². The molecule has 1 aliphatic rings. The zero-order valence-corrected chi connectivity index (χ0v) is 8.23. The molecular weight excluding hydrogens is 155 g/mol. The summed E-state index contributed by atoms with van der Waals surface area (Å²) in [6.45, 7) is 5.63. The third-order valence-electron chi connectivity index (χ3n) is 3.23. The van der Waals surface area contributed by atoms with Gasteiger partial charge in [-0.15, -0.1) is 0 Å². The minimum absolute atomic E-state index is 0.244. The van der Waals surface area contributed by atoms with Crippen molar-refractivity contribution in [2.24, 2.45) is 5.92 Å². The predicted octanol–water partition coefficient (Wildman–Crippen LogP) is 2.68. The van der Waals surface area contributed by atoms with Crippen LogP contribution in [-0.4, -0.2) is 16.4 Å². The van der Waals surface area contributed by atoms with Crippen molar-refractivity contribution in [1.29, 1.82) is 0 Å². The molecule has 0 aromatic carbocycles. The van der Waals surface area contributed by atoms with E-state index in [1.165, 1.54) is 0 Å². The summed E-state index contributed by atoms with van der Waals surface area (Å²) in [6.07, 6.45) is 2.22. The van der Waals surface area contributed by atoms with Gasteiger partial charge in [0, 0.05) is 0 Å². The van der Waals surface area contributed by atoms with E-state index >= 15 is 0 Å². The van der Waals surface area contributed by atoms with Gasteiger partial charge in [-0.05, 0) is 38.5 Å². The maximum absolute atomic E-state index is 13.4. The first-order valence-corrected chi connectivity index (χ1v) is 4.77. The molecule has 0 radical (unpaired) electrons. The van der Waals surface area contributed by atoms with Crippen LogP contribution >= 0.6 is 0 Å². The summed E-state index contributed by atoms with van der Waals surface area (Å²) in [5.41, 5.74) is -1.65. The highest BCUT2D eigenvalue weighted by Crippen LogP contribution is 2.40. The van der Waals surface area contributed by atoms with Crippen LogP contribution in [0.15, 0.2) is 0 Å². The fourth-order valence-corrected chi connectivity index (χ4v) is 1.78. The molecule has 0 saturated heterocycles. The lowest BCUT2D eigenvalue weighted by Gasteiger charge is -2.40. The van der Waals surface area contributed by atoms with Crippen LogP contribution in [0.1, 0.15) is 46.5 Å². The summed E-state index contributed by atoms with van der Waals surface area (Å²) in [6, 6.07) is 0. The van der Waals surface area contributed by atoms with Crippen LogP contribution in [0.2, 0.25) is 0 Å². The maximum Gasteiger partial charge on any atom is 0.108 e. The first-order chi connectivity index (χ1) is 5.36. The highest BCUT2D eigenvalue weighted by atomic mass is 19.1. The zero-order chi connectivity index (χ0) is 9.41. The molecule has 0 unspecified atom stereocenters. The molecule has 0 aromatic heterocycles. The van der Waals surface area contributed by atoms with E-state index in [1.807, 2.05) is 13.8 Å². The Hall–Kier alpha value is -0.110. The van der Waals surface area contributed by atoms with E-state index in [2.05, 4.69) is 0 Å². The van der Waals surface area contributed by atoms with Crippen LogP contribution < -0.4 is 0 Å². The highest BCUT2D eigenvalue weighted by Gasteiger charge is 2.40. The predicted molar refractivity (Wildman–Crippen MR) is 47.8 cm³/mol. The van der Waals surface area contributed by atoms with Crippen molar-refractivity contribution in [3.05, 3.63) is 0 Å². The topological polar surface area (TPSA) is 20.2 Å². The fourth-order valence-electron chi connectivity index (χ4n) is 1.78. The Morgan fingerprint density at radius 1 is 1.17 bits per heavy atom. The van der Waals surface area contributed by atoms with E-state index in [0.29, 0.717) is 25.7 Å². The standard InChI is InChI=1S/C10H19FO/c1-8(2)10(12)6-4-9(3,11)5-7-10/h8,12H,4-7H2,1-3H3. The number of hydrogen-bond donors (Lipinski definition) is 1. The van der Waals surface area contributed by atoms with Crippen molar-refractivity contribution in [3.63, 3.8) is 0 Å². The highest BCUT2D eigenvalue weighted by molar-refractivity contribution is 4.92. The molecule has 1 rings (SSSR count). The molecule has 0 aromatic rings. The van der Waals surface area contributed by atoms with E-state index in [0.717, 1.165) is 0 Å². The lowest BCUT2D eigenvalue weighted by Crippen LogP contribution is -2.42. The Balaban J connectivity index is 2.55. The van der Waals surface area contributed by atoms with E-state index in [9.17, 15) is 9.50 Å². The lowest BCUT2D eigenvalue weighted by molar-refractivity contribution is -0.0709. The SMILES string of the molecule is CC(C)C1(O)CCC(C)(F)CC1. The van der Waals surface area contributed by atoms with Gasteiger partial charge in [-0.1, -0.05) is 13.8 Å². The summed E-state index contributed by atoms with van der Waals surface area (Å²) in [5.74, 6) is 0.244. The first kappa shape index (κ1) is 9.97. The van der Waals surface area contributed by atoms with Gasteiger partial charge in [-0.2, -0.15) is 0 Å². The number of halogens is 1. The third-order valence-corrected chi connectivity index (χ3v) is 3.23. The Bertz CT molecular complexity index is 153. The van der Waals surface area contributed by atoms with E-state index in [4.69, 9.17) is 0 Å². The second-order valence-electron chi connectivity index (χ2n) is 4.67. The van der Waals surface area contributed by atoms with Gasteiger partial charge in [0.25, 0.3) is 0 Å². The zero-order valence-electron chi connectivity index (χ0n) is 8.23. The number of alkyl halides is 1. The molecule has 0 atom stereocenters. The molecule has 72 valence electrons. The van der Waals surface area contributed by atoms with Gasteiger partial charge >= 0.3 is 0 Å². The van der Waals surface area contributed by atoms with Crippen molar-refractivity contribution in [2.45, 2.75) is 57.7 Å². The van der Waals surface area contributed by atoms with Crippen molar-refractivity contribution < 1.29 is 9.50 Å². The summed E-state index contributed by atoms with van der Waals surface area (Å²) in [4.78, 5) is 0. The van der Waals surface area contributed by atoms with E-state index in [-0.39, 0.29) is 5.92 Å². The van der Waals surface area contributed by atoms with Crippen LogP contribution in [-0.2, 0) is 0 Å². The largest absolute Gasteiger partial charge is 0.390 e. The van der Waals surface area contributed by atoms with Crippen LogP contribution in [0.25, 0.3) is 0 Å². The quantitative estimate of drug-likeness (QED) is 0.648. The van der Waals surface area contributed by atoms with Crippen LogP contribution in [0.3, 0.4) is 0 Å². The summed E-state index contributed by atoms with van der Waals surface area (Å²) in [7, 11) is 0. The fraction of sp³-hybridized carbons (Fsp3) is 1.00. The first-order valence-electron chi connectivity index (χ1n) is 4.77. The summed E-state index contributed by atoms with van der Waals surface area (Å²) < 4.78 is 13.4. The normalized spacial score (nSPS) is 43.5. The Labute approximate surface area is 74.0 Å². The van der Waals surface area contributed by atoms with Crippen molar-refractivity contribution in [3.8, 4) is 0 Å². The second-order valence-corrected chi connectivity index (χ2v) is 4.67. The molecule has 0 bridgehead atoms. The number of aliphatic hydroxyl groups is 1. The van der Waals surface area contributed by atoms with Crippen molar-refractivity contribution in [2.75, 3.05) is 0 Å². The summed E-state index contributed by atoms with van der Waals surface area (Å²) in [5, 5.41) is 10.0. The Morgan fingerprint density at radius 2 is 1.58 bits per heavy atom. The molecule has 0 spiro atoms. The van der Waals surface area contributed by atoms with Gasteiger partial charge in [-0.3, -0.25) is 0 Å². The van der Waals surface area contributed by atoms with Crippen LogP contribution in [0.5, 0.6) is 0 Å². The molecule has 0 amide bonds. The average molecular weight is 174 g/mol. The van der Waals surface area contributed by atoms with E-state index < -0.39 is 11.3 Å². The molecule has 1 saturated carbocycles. The average Bonchev–Trinajstić information content (AvgIpc) is 1.96. The van der Waals surface area contributed by atoms with Gasteiger partial charge in [-0.25, -0.2) is 4.39 Å². The van der Waals surface area contributed by atoms with Gasteiger partial charge in [0.1, 0.15) is 5.67 Å². The molecule has 1 N–H and O–H groups in total. The molecule has 12 heavy (non-hydrogen) atoms. The lowest BCUT2D eigenvalue weighted by atomic mass is 9.73. The number of rotatable bonds is 1. The number of hydrogen-bond acceptors (Lipinski definition) is 1. The minimum Gasteiger partial charge on any atom is -0.390 e. The monoisotopic (exact) mass is 174 g/mol. The molecule has 1 nitrogen and oxygen atoms in total. The van der Waals surface area contributed by atoms with Gasteiger partial charge < -0.3 is 5.11 Å². The third kappa shape index (κ3) is 1.98. The van der Waals surface area contributed by atoms with Crippen molar-refractivity contribution in [1.82, 2.24) is 0 Å². The van der Waals surface area contributed by atoms with Crippen molar-refractivity contribution >= 4 is 0 Å².